The number of hydrogen-bond donors (Lipinski definition) is 2. The highest BCUT2D eigenvalue weighted by Crippen LogP contribution is 2.26. The number of primary sulfonamides is 1. The molecule has 0 aliphatic rings. The second-order valence-electron chi connectivity index (χ2n) is 3.41. The summed E-state index contributed by atoms with van der Waals surface area (Å²) in [7, 11) is -2.42. The van der Waals surface area contributed by atoms with Crippen molar-refractivity contribution in [2.45, 2.75) is 11.3 Å². The minimum absolute atomic E-state index is 0.0455. The molecule has 0 aliphatic carbocycles. The van der Waals surface area contributed by atoms with Gasteiger partial charge in [-0.3, -0.25) is 4.79 Å². The van der Waals surface area contributed by atoms with E-state index in [2.05, 4.69) is 5.32 Å². The Morgan fingerprint density at radius 1 is 1.50 bits per heavy atom. The van der Waals surface area contributed by atoms with Crippen LogP contribution < -0.4 is 15.2 Å². The predicted molar refractivity (Wildman–Crippen MR) is 67.0 cm³/mol. The summed E-state index contributed by atoms with van der Waals surface area (Å²) in [6, 6.07) is 4.07. The molecule has 0 saturated heterocycles. The van der Waals surface area contributed by atoms with Gasteiger partial charge in [-0.25, -0.2) is 13.6 Å². The lowest BCUT2D eigenvalue weighted by atomic mass is 10.3. The fourth-order valence-corrected chi connectivity index (χ4v) is 2.14. The van der Waals surface area contributed by atoms with Crippen molar-refractivity contribution in [3.05, 3.63) is 23.2 Å². The van der Waals surface area contributed by atoms with E-state index in [0.29, 0.717) is 0 Å². The summed E-state index contributed by atoms with van der Waals surface area (Å²) in [5.41, 5.74) is 0. The van der Waals surface area contributed by atoms with Gasteiger partial charge < -0.3 is 10.1 Å². The molecule has 1 rings (SSSR count). The molecule has 0 spiro atoms. The maximum atomic E-state index is 11.3. The number of nitrogens with two attached hydrogens (primary N) is 1. The molecule has 0 aliphatic heterocycles. The third kappa shape index (κ3) is 4.17. The van der Waals surface area contributed by atoms with Crippen LogP contribution in [0.3, 0.4) is 0 Å². The number of sulfonamides is 1. The molecule has 1 aromatic carbocycles. The maximum Gasteiger partial charge on any atom is 0.241 e. The van der Waals surface area contributed by atoms with Crippen molar-refractivity contribution in [3.8, 4) is 5.75 Å². The second-order valence-corrected chi connectivity index (χ2v) is 5.37. The summed E-state index contributed by atoms with van der Waals surface area (Å²) in [4.78, 5) is 10.8. The van der Waals surface area contributed by atoms with Gasteiger partial charge in [0.15, 0.2) is 0 Å². The van der Waals surface area contributed by atoms with Gasteiger partial charge in [-0.05, 0) is 18.2 Å². The minimum atomic E-state index is -3.92. The summed E-state index contributed by atoms with van der Waals surface area (Å²) < 4.78 is 27.9. The number of carbonyl (C=O) groups excluding carboxylic acids is 1. The Hall–Kier alpha value is -1.31. The molecule has 3 N–H and O–H groups in total. The largest absolute Gasteiger partial charge is 0.492 e. The third-order valence-electron chi connectivity index (χ3n) is 2.08. The molecule has 1 amide bonds. The number of benzene rings is 1. The Balaban J connectivity index is 2.86. The van der Waals surface area contributed by atoms with Crippen LogP contribution in [0.25, 0.3) is 0 Å². The van der Waals surface area contributed by atoms with Gasteiger partial charge in [-0.15, -0.1) is 0 Å². The maximum absolute atomic E-state index is 11.3. The average molecular weight is 293 g/mol. The number of hydrogen-bond acceptors (Lipinski definition) is 4. The van der Waals surface area contributed by atoms with Crippen LogP contribution in [0.4, 0.5) is 0 Å². The lowest BCUT2D eigenvalue weighted by Gasteiger charge is -2.10. The van der Waals surface area contributed by atoms with Crippen LogP contribution in [-0.4, -0.2) is 28.0 Å². The van der Waals surface area contributed by atoms with Gasteiger partial charge in [-0.2, -0.15) is 0 Å². The van der Waals surface area contributed by atoms with Gasteiger partial charge in [0.2, 0.25) is 15.9 Å². The molecule has 0 aromatic heterocycles. The molecule has 18 heavy (non-hydrogen) atoms. The molecule has 8 heteroatoms. The Kier molecular flexibility index (Phi) is 4.94. The Morgan fingerprint density at radius 2 is 2.17 bits per heavy atom. The van der Waals surface area contributed by atoms with E-state index >= 15 is 0 Å². The summed E-state index contributed by atoms with van der Waals surface area (Å²) in [5.74, 6) is -0.132. The average Bonchev–Trinajstić information content (AvgIpc) is 2.29. The van der Waals surface area contributed by atoms with Gasteiger partial charge >= 0.3 is 0 Å². The Morgan fingerprint density at radius 3 is 2.72 bits per heavy atom. The van der Waals surface area contributed by atoms with Gasteiger partial charge in [0.05, 0.1) is 13.0 Å². The van der Waals surface area contributed by atoms with Crippen molar-refractivity contribution in [1.29, 1.82) is 0 Å². The number of halogens is 1. The van der Waals surface area contributed by atoms with Crippen LogP contribution >= 0.6 is 11.6 Å². The highest BCUT2D eigenvalue weighted by Gasteiger charge is 2.16. The second kappa shape index (κ2) is 6.03. The van der Waals surface area contributed by atoms with Crippen LogP contribution in [0.15, 0.2) is 23.1 Å². The van der Waals surface area contributed by atoms with Gasteiger partial charge in [0.25, 0.3) is 0 Å². The monoisotopic (exact) mass is 292 g/mol. The van der Waals surface area contributed by atoms with E-state index < -0.39 is 10.0 Å². The highest BCUT2D eigenvalue weighted by molar-refractivity contribution is 7.89. The lowest BCUT2D eigenvalue weighted by molar-refractivity contribution is -0.121. The molecule has 6 nitrogen and oxygen atoms in total. The zero-order valence-corrected chi connectivity index (χ0v) is 11.2. The first-order chi connectivity index (χ1) is 8.34. The van der Waals surface area contributed by atoms with Crippen LogP contribution in [0.2, 0.25) is 5.02 Å². The zero-order chi connectivity index (χ0) is 13.8. The molecule has 0 unspecified atom stereocenters. The molecule has 100 valence electrons. The molecule has 0 bridgehead atoms. The summed E-state index contributed by atoms with van der Waals surface area (Å²) in [5, 5.41) is 7.69. The quantitative estimate of drug-likeness (QED) is 0.825. The van der Waals surface area contributed by atoms with Gasteiger partial charge in [0, 0.05) is 12.1 Å². The van der Waals surface area contributed by atoms with E-state index in [-0.39, 0.29) is 34.6 Å². The molecular formula is C10H13ClN2O4S. The van der Waals surface area contributed by atoms with Crippen LogP contribution in [0.5, 0.6) is 5.75 Å². The SMILES string of the molecule is CNC(=O)CCOc1ccc(Cl)cc1S(N)(=O)=O. The molecule has 1 aromatic rings. The highest BCUT2D eigenvalue weighted by atomic mass is 35.5. The molecule has 0 fully saturated rings. The molecule has 0 radical (unpaired) electrons. The molecule has 0 atom stereocenters. The Labute approximate surface area is 110 Å². The zero-order valence-electron chi connectivity index (χ0n) is 9.64. The van der Waals surface area contributed by atoms with Crippen LogP contribution in [0, 0.1) is 0 Å². The third-order valence-corrected chi connectivity index (χ3v) is 3.24. The van der Waals surface area contributed by atoms with E-state index in [1.54, 1.807) is 0 Å². The normalized spacial score (nSPS) is 11.1. The van der Waals surface area contributed by atoms with E-state index in [0.717, 1.165) is 0 Å². The Bertz CT molecular complexity index is 545. The smallest absolute Gasteiger partial charge is 0.241 e. The van der Waals surface area contributed by atoms with E-state index in [1.807, 2.05) is 0 Å². The van der Waals surface area contributed by atoms with Crippen LogP contribution in [-0.2, 0) is 14.8 Å². The first-order valence-corrected chi connectivity index (χ1v) is 6.92. The standard InChI is InChI=1S/C10H13ClN2O4S/c1-13-10(14)4-5-17-8-3-2-7(11)6-9(8)18(12,15)16/h2-3,6H,4-5H2,1H3,(H,13,14)(H2,12,15,16). The molecule has 0 saturated carbocycles. The minimum Gasteiger partial charge on any atom is -0.492 e. The van der Waals surface area contributed by atoms with Crippen molar-refractivity contribution < 1.29 is 17.9 Å². The topological polar surface area (TPSA) is 98.5 Å². The number of ether oxygens (including phenoxy) is 1. The summed E-state index contributed by atoms with van der Waals surface area (Å²) in [6.07, 6.45) is 0.114. The van der Waals surface area contributed by atoms with Crippen molar-refractivity contribution in [2.75, 3.05) is 13.7 Å². The van der Waals surface area contributed by atoms with Crippen molar-refractivity contribution >= 4 is 27.5 Å². The van der Waals surface area contributed by atoms with E-state index in [4.69, 9.17) is 21.5 Å². The number of amides is 1. The lowest BCUT2D eigenvalue weighted by Crippen LogP contribution is -2.20. The summed E-state index contributed by atoms with van der Waals surface area (Å²) in [6.45, 7) is 0.0455. The predicted octanol–water partition coefficient (Wildman–Crippen LogP) is 0.502. The number of carbonyl (C=O) groups is 1. The fourth-order valence-electron chi connectivity index (χ4n) is 1.20. The van der Waals surface area contributed by atoms with Crippen molar-refractivity contribution in [3.63, 3.8) is 0 Å². The van der Waals surface area contributed by atoms with Crippen LogP contribution in [0.1, 0.15) is 6.42 Å². The molecular weight excluding hydrogens is 280 g/mol. The summed E-state index contributed by atoms with van der Waals surface area (Å²) >= 11 is 5.69. The van der Waals surface area contributed by atoms with Crippen molar-refractivity contribution in [1.82, 2.24) is 5.32 Å². The van der Waals surface area contributed by atoms with E-state index in [1.165, 1.54) is 25.2 Å². The fraction of sp³-hybridized carbons (Fsp3) is 0.300. The van der Waals surface area contributed by atoms with Gasteiger partial charge in [-0.1, -0.05) is 11.6 Å². The van der Waals surface area contributed by atoms with Crippen molar-refractivity contribution in [2.24, 2.45) is 5.14 Å². The number of nitrogens with one attached hydrogen (secondary N) is 1. The molecule has 0 heterocycles. The first-order valence-electron chi connectivity index (χ1n) is 5.00. The number of rotatable bonds is 5. The first kappa shape index (κ1) is 14.7. The van der Waals surface area contributed by atoms with E-state index in [9.17, 15) is 13.2 Å². The van der Waals surface area contributed by atoms with Gasteiger partial charge in [0.1, 0.15) is 10.6 Å².